The Kier molecular flexibility index (Phi) is 8.48. The number of methoxy groups -OCH3 is 1. The predicted molar refractivity (Wildman–Crippen MR) is 86.4 cm³/mol. The van der Waals surface area contributed by atoms with Gasteiger partial charge in [-0.15, -0.1) is 0 Å². The maximum Gasteiger partial charge on any atom is 0.359 e. The molecular formula is C15H26N2O11. The van der Waals surface area contributed by atoms with Gasteiger partial charge in [0.2, 0.25) is 5.91 Å². The molecule has 162 valence electrons. The number of carbonyl (C=O) groups is 2. The molecule has 13 nitrogen and oxygen atoms in total. The van der Waals surface area contributed by atoms with Crippen LogP contribution in [0.25, 0.3) is 0 Å². The number of hydrogen-bond acceptors (Lipinski definition) is 12. The average molecular weight is 410 g/mol. The van der Waals surface area contributed by atoms with E-state index in [9.17, 15) is 24.9 Å². The van der Waals surface area contributed by atoms with Gasteiger partial charge in [0.1, 0.15) is 24.4 Å². The molecule has 0 aliphatic carbocycles. The Labute approximate surface area is 160 Å². The molecule has 2 fully saturated rings. The van der Waals surface area contributed by atoms with Gasteiger partial charge >= 0.3 is 5.97 Å². The zero-order valence-electron chi connectivity index (χ0n) is 15.4. The van der Waals surface area contributed by atoms with Crippen molar-refractivity contribution in [2.45, 2.75) is 62.3 Å². The number of hydrogen-bond donors (Lipinski definition) is 6. The molecule has 13 heteroatoms. The summed E-state index contributed by atoms with van der Waals surface area (Å²) in [6.45, 7) is 0.714. The molecule has 0 bridgehead atoms. The first-order valence-electron chi connectivity index (χ1n) is 8.61. The second-order valence-electron chi connectivity index (χ2n) is 6.47. The van der Waals surface area contributed by atoms with E-state index in [0.717, 1.165) is 0 Å². The maximum absolute atomic E-state index is 11.9. The molecule has 0 aromatic rings. The van der Waals surface area contributed by atoms with Crippen molar-refractivity contribution in [2.24, 2.45) is 0 Å². The average Bonchev–Trinajstić information content (AvgIpc) is 2.65. The number of amides is 1. The highest BCUT2D eigenvalue weighted by atomic mass is 16.9. The van der Waals surface area contributed by atoms with Crippen LogP contribution in [0.1, 0.15) is 13.3 Å². The van der Waals surface area contributed by atoms with E-state index in [1.54, 1.807) is 0 Å². The topological polar surface area (TPSA) is 185 Å². The Morgan fingerprint density at radius 2 is 2.00 bits per heavy atom. The molecular weight excluding hydrogens is 384 g/mol. The van der Waals surface area contributed by atoms with Crippen molar-refractivity contribution in [3.63, 3.8) is 0 Å². The highest BCUT2D eigenvalue weighted by molar-refractivity contribution is 5.75. The summed E-state index contributed by atoms with van der Waals surface area (Å²) in [5.41, 5.74) is 1.25. The van der Waals surface area contributed by atoms with Crippen LogP contribution in [0.15, 0.2) is 0 Å². The molecule has 0 saturated carbocycles. The maximum atomic E-state index is 11.9. The lowest BCUT2D eigenvalue weighted by molar-refractivity contribution is -0.306. The molecule has 8 atom stereocenters. The largest absolute Gasteiger partial charge is 0.394 e. The number of aliphatic hydroxyl groups is 3. The molecule has 2 aliphatic heterocycles. The minimum Gasteiger partial charge on any atom is -0.394 e. The SMILES string of the molecule is CO[C@H]1C[C@@H](O)[C@H](O[C@H]2[C@H](O)[C@@H](CO)OC[C@@H]2NC(C)=O)O[C@@H]1C(=O)ONO. The van der Waals surface area contributed by atoms with E-state index < -0.39 is 67.4 Å². The van der Waals surface area contributed by atoms with E-state index in [2.05, 4.69) is 10.2 Å². The summed E-state index contributed by atoms with van der Waals surface area (Å²) >= 11 is 0. The monoisotopic (exact) mass is 410 g/mol. The van der Waals surface area contributed by atoms with Crippen LogP contribution in [0.4, 0.5) is 0 Å². The Bertz CT molecular complexity index is 536. The number of ether oxygens (including phenoxy) is 4. The van der Waals surface area contributed by atoms with E-state index in [4.69, 9.17) is 24.2 Å². The second-order valence-corrected chi connectivity index (χ2v) is 6.47. The third kappa shape index (κ3) is 5.34. The molecule has 2 rings (SSSR count). The van der Waals surface area contributed by atoms with E-state index in [1.165, 1.54) is 19.7 Å². The fraction of sp³-hybridized carbons (Fsp3) is 0.867. The predicted octanol–water partition coefficient (Wildman–Crippen LogP) is -3.44. The summed E-state index contributed by atoms with van der Waals surface area (Å²) in [7, 11) is 1.30. The molecule has 6 N–H and O–H groups in total. The highest BCUT2D eigenvalue weighted by Crippen LogP contribution is 2.28. The number of aliphatic hydroxyl groups excluding tert-OH is 3. The smallest absolute Gasteiger partial charge is 0.359 e. The molecule has 2 aliphatic rings. The summed E-state index contributed by atoms with van der Waals surface area (Å²) in [5, 5.41) is 41.2. The summed E-state index contributed by atoms with van der Waals surface area (Å²) in [6.07, 6.45) is -8.36. The van der Waals surface area contributed by atoms with Crippen molar-refractivity contribution in [3.05, 3.63) is 0 Å². The number of carbonyl (C=O) groups excluding carboxylic acids is 2. The normalized spacial score (nSPS) is 38.6. The first kappa shape index (κ1) is 22.9. The Balaban J connectivity index is 2.15. The number of nitrogens with one attached hydrogen (secondary N) is 2. The fourth-order valence-electron chi connectivity index (χ4n) is 3.19. The van der Waals surface area contributed by atoms with Crippen LogP contribution < -0.4 is 11.0 Å². The van der Waals surface area contributed by atoms with Crippen LogP contribution in [0, 0.1) is 0 Å². The second kappa shape index (κ2) is 10.4. The van der Waals surface area contributed by atoms with Crippen LogP contribution in [-0.2, 0) is 33.4 Å². The van der Waals surface area contributed by atoms with Gasteiger partial charge < -0.3 is 44.4 Å². The van der Waals surface area contributed by atoms with Gasteiger partial charge in [-0.2, -0.15) is 0 Å². The molecule has 2 saturated heterocycles. The van der Waals surface area contributed by atoms with Crippen LogP contribution in [0.3, 0.4) is 0 Å². The first-order chi connectivity index (χ1) is 13.3. The molecule has 0 spiro atoms. The quantitative estimate of drug-likeness (QED) is 0.228. The lowest BCUT2D eigenvalue weighted by Crippen LogP contribution is -2.63. The lowest BCUT2D eigenvalue weighted by Gasteiger charge is -2.44. The molecule has 0 aromatic heterocycles. The Morgan fingerprint density at radius 3 is 2.57 bits per heavy atom. The molecule has 0 aromatic carbocycles. The minimum absolute atomic E-state index is 0.0596. The van der Waals surface area contributed by atoms with Crippen molar-refractivity contribution in [2.75, 3.05) is 20.3 Å². The molecule has 1 amide bonds. The van der Waals surface area contributed by atoms with Gasteiger partial charge in [0.25, 0.3) is 0 Å². The van der Waals surface area contributed by atoms with Gasteiger partial charge in [0.15, 0.2) is 12.4 Å². The van der Waals surface area contributed by atoms with Gasteiger partial charge in [-0.05, 0) is 5.64 Å². The van der Waals surface area contributed by atoms with Gasteiger partial charge in [0.05, 0.1) is 25.4 Å². The van der Waals surface area contributed by atoms with Gasteiger partial charge in [-0.3, -0.25) is 10.0 Å². The van der Waals surface area contributed by atoms with Crippen molar-refractivity contribution in [3.8, 4) is 0 Å². The molecule has 2 heterocycles. The van der Waals surface area contributed by atoms with Gasteiger partial charge in [-0.1, -0.05) is 0 Å². The van der Waals surface area contributed by atoms with Crippen LogP contribution in [-0.4, -0.2) is 102 Å². The van der Waals surface area contributed by atoms with E-state index in [-0.39, 0.29) is 13.0 Å². The van der Waals surface area contributed by atoms with E-state index in [0.29, 0.717) is 0 Å². The molecule has 28 heavy (non-hydrogen) atoms. The van der Waals surface area contributed by atoms with Crippen LogP contribution >= 0.6 is 0 Å². The Hall–Kier alpha value is -1.42. The standard InChI is InChI=1S/C15H26N2O11/c1-6(19)16-7-5-25-10(4-18)11(21)12(7)26-15-8(20)3-9(24-2)13(27-15)14(22)28-17-23/h7-13,15,17-18,20-21,23H,3-5H2,1-2H3,(H,16,19)/t7-,8+,9-,10+,11+,12+,13-,15+/m0/s1. The lowest BCUT2D eigenvalue weighted by atomic mass is 9.97. The third-order valence-corrected chi connectivity index (χ3v) is 4.55. The number of rotatable bonds is 7. The van der Waals surface area contributed by atoms with Gasteiger partial charge in [-0.25, -0.2) is 4.79 Å². The third-order valence-electron chi connectivity index (χ3n) is 4.55. The molecule has 0 unspecified atom stereocenters. The first-order valence-corrected chi connectivity index (χ1v) is 8.61. The summed E-state index contributed by atoms with van der Waals surface area (Å²) in [4.78, 5) is 27.6. The minimum atomic E-state index is -1.39. The van der Waals surface area contributed by atoms with Crippen molar-refractivity contribution in [1.82, 2.24) is 11.0 Å². The summed E-state index contributed by atoms with van der Waals surface area (Å²) in [5.74, 6) is -1.43. The Morgan fingerprint density at radius 1 is 1.29 bits per heavy atom. The van der Waals surface area contributed by atoms with Crippen molar-refractivity contribution in [1.29, 1.82) is 0 Å². The van der Waals surface area contributed by atoms with E-state index >= 15 is 0 Å². The van der Waals surface area contributed by atoms with Crippen molar-refractivity contribution < 1.29 is 53.9 Å². The fourth-order valence-corrected chi connectivity index (χ4v) is 3.19. The van der Waals surface area contributed by atoms with Crippen LogP contribution in [0.5, 0.6) is 0 Å². The zero-order chi connectivity index (χ0) is 20.8. The summed E-state index contributed by atoms with van der Waals surface area (Å²) in [6, 6.07) is -0.796. The van der Waals surface area contributed by atoms with Crippen LogP contribution in [0.2, 0.25) is 0 Å². The highest BCUT2D eigenvalue weighted by Gasteiger charge is 2.47. The van der Waals surface area contributed by atoms with Gasteiger partial charge in [0, 0.05) is 20.5 Å². The zero-order valence-corrected chi connectivity index (χ0v) is 15.4. The van der Waals surface area contributed by atoms with Crippen molar-refractivity contribution >= 4 is 11.9 Å². The summed E-state index contributed by atoms with van der Waals surface area (Å²) < 4.78 is 21.5. The van der Waals surface area contributed by atoms with E-state index in [1.807, 2.05) is 0 Å². The molecule has 0 radical (unpaired) electrons.